The largest absolute Gasteiger partial charge is 0.497 e. The highest BCUT2D eigenvalue weighted by Gasteiger charge is 2.27. The van der Waals surface area contributed by atoms with E-state index in [9.17, 15) is 0 Å². The van der Waals surface area contributed by atoms with Gasteiger partial charge in [0.25, 0.3) is 0 Å². The van der Waals surface area contributed by atoms with Crippen LogP contribution in [-0.4, -0.2) is 91.7 Å². The second kappa shape index (κ2) is 28.7. The van der Waals surface area contributed by atoms with Crippen molar-refractivity contribution >= 4 is 0 Å². The number of methoxy groups -OCH3 is 4. The maximum Gasteiger partial charge on any atom is 0.118 e. The van der Waals surface area contributed by atoms with E-state index in [1.54, 1.807) is 34.6 Å². The molecule has 1 aliphatic carbocycles. The standard InChI is InChI=1S/C17H22N2O.C17H16N2O.C15H21N3O.C14H18N2O/c2*1-20-16-9-7-15(8-10-16)17(19-12-11-18-13-19)14-5-3-2-4-6-14;1-12(17(2)3)15(18-10-9-16-11-18)13-5-7-14(19-4)8-6-13;1-11(2)14(16-9-8-15-10-16)12-4-6-13(17-3)7-5-12/h7-14,17H,2-6H2,1H3;2-13,17H,1H3;5-12,15H,1-4H3;4-11,14H,1-3H3. The van der Waals surface area contributed by atoms with E-state index in [1.165, 1.54) is 59.9 Å². The lowest BCUT2D eigenvalue weighted by molar-refractivity contribution is 0.252. The third-order valence-electron chi connectivity index (χ3n) is 14.3. The van der Waals surface area contributed by atoms with Gasteiger partial charge in [0.15, 0.2) is 0 Å². The fourth-order valence-electron chi connectivity index (χ4n) is 10.1. The van der Waals surface area contributed by atoms with Gasteiger partial charge in [-0.15, -0.1) is 0 Å². The maximum atomic E-state index is 5.27. The summed E-state index contributed by atoms with van der Waals surface area (Å²) >= 11 is 0. The molecule has 13 nitrogen and oxygen atoms in total. The third-order valence-corrected chi connectivity index (χ3v) is 14.3. The van der Waals surface area contributed by atoms with Crippen LogP contribution in [0.1, 0.15) is 105 Å². The molecule has 0 spiro atoms. The molecule has 398 valence electrons. The highest BCUT2D eigenvalue weighted by Crippen LogP contribution is 2.38. The van der Waals surface area contributed by atoms with Crippen LogP contribution in [0.25, 0.3) is 0 Å². The Hall–Kier alpha value is -7.90. The fraction of sp³-hybridized carbons (Fsp3) is 0.333. The van der Waals surface area contributed by atoms with Crippen LogP contribution in [0.4, 0.5) is 0 Å². The fourth-order valence-corrected chi connectivity index (χ4v) is 10.1. The van der Waals surface area contributed by atoms with Crippen molar-refractivity contribution in [2.24, 2.45) is 11.8 Å². The van der Waals surface area contributed by atoms with Crippen molar-refractivity contribution in [2.45, 2.75) is 83.1 Å². The topological polar surface area (TPSA) is 111 Å². The van der Waals surface area contributed by atoms with Crippen molar-refractivity contribution in [1.29, 1.82) is 0 Å². The van der Waals surface area contributed by atoms with E-state index >= 15 is 0 Å². The summed E-state index contributed by atoms with van der Waals surface area (Å²) in [5.41, 5.74) is 6.32. The lowest BCUT2D eigenvalue weighted by Crippen LogP contribution is -2.34. The van der Waals surface area contributed by atoms with Crippen LogP contribution in [0.15, 0.2) is 202 Å². The quantitative estimate of drug-likeness (QED) is 0.0880. The highest BCUT2D eigenvalue weighted by molar-refractivity contribution is 5.37. The molecule has 1 aliphatic rings. The summed E-state index contributed by atoms with van der Waals surface area (Å²) in [7, 11) is 11.0. The summed E-state index contributed by atoms with van der Waals surface area (Å²) in [6, 6.07) is 45.0. The number of benzene rings is 5. The summed E-state index contributed by atoms with van der Waals surface area (Å²) < 4.78 is 29.6. The first-order valence-corrected chi connectivity index (χ1v) is 26.3. The van der Waals surface area contributed by atoms with Gasteiger partial charge in [0.2, 0.25) is 0 Å². The van der Waals surface area contributed by atoms with Gasteiger partial charge < -0.3 is 42.1 Å². The minimum atomic E-state index is 0.129. The molecule has 0 aliphatic heterocycles. The summed E-state index contributed by atoms with van der Waals surface area (Å²) in [5.74, 6) is 4.78. The molecule has 13 heteroatoms. The number of hydrogen-bond acceptors (Lipinski definition) is 9. The molecule has 5 unspecified atom stereocenters. The minimum Gasteiger partial charge on any atom is -0.497 e. The number of hydrogen-bond donors (Lipinski definition) is 0. The molecule has 76 heavy (non-hydrogen) atoms. The SMILES string of the molecule is COc1ccc(C(C(C)C)n2ccnc2)cc1.COc1ccc(C(C(C)N(C)C)n2ccnc2)cc1.COc1ccc(C(C2CCCCC2)n2ccnc2)cc1.COc1ccc(C(c2ccccc2)n2ccnc2)cc1. The Morgan fingerprint density at radius 3 is 1.18 bits per heavy atom. The lowest BCUT2D eigenvalue weighted by atomic mass is 9.81. The molecule has 0 N–H and O–H groups in total. The Labute approximate surface area is 450 Å². The summed E-state index contributed by atoms with van der Waals surface area (Å²) in [6.07, 6.45) is 29.7. The van der Waals surface area contributed by atoms with E-state index in [1.807, 2.05) is 105 Å². The molecule has 0 saturated heterocycles. The van der Waals surface area contributed by atoms with Gasteiger partial charge in [0.1, 0.15) is 23.0 Å². The van der Waals surface area contributed by atoms with E-state index in [0.29, 0.717) is 30.0 Å². The van der Waals surface area contributed by atoms with Gasteiger partial charge in [-0.1, -0.05) is 112 Å². The molecule has 0 bridgehead atoms. The average molecular weight is 1020 g/mol. The van der Waals surface area contributed by atoms with Crippen LogP contribution in [0, 0.1) is 11.8 Å². The molecular weight excluding hydrogens is 947 g/mol. The van der Waals surface area contributed by atoms with Gasteiger partial charge in [-0.2, -0.15) is 0 Å². The van der Waals surface area contributed by atoms with E-state index in [-0.39, 0.29) is 12.1 Å². The molecule has 9 aromatic rings. The van der Waals surface area contributed by atoms with Crippen molar-refractivity contribution in [1.82, 2.24) is 43.1 Å². The van der Waals surface area contributed by atoms with Gasteiger partial charge in [-0.05, 0) is 122 Å². The zero-order valence-electron chi connectivity index (χ0n) is 45.8. The van der Waals surface area contributed by atoms with E-state index in [2.05, 4.69) is 169 Å². The van der Waals surface area contributed by atoms with E-state index in [4.69, 9.17) is 18.9 Å². The smallest absolute Gasteiger partial charge is 0.118 e. The number of imidazole rings is 4. The predicted molar refractivity (Wildman–Crippen MR) is 304 cm³/mol. The zero-order chi connectivity index (χ0) is 53.7. The Kier molecular flexibility index (Phi) is 21.1. The van der Waals surface area contributed by atoms with Crippen LogP contribution in [0.3, 0.4) is 0 Å². The first kappa shape index (κ1) is 55.8. The van der Waals surface area contributed by atoms with Crippen molar-refractivity contribution in [2.75, 3.05) is 42.5 Å². The van der Waals surface area contributed by atoms with Crippen molar-refractivity contribution in [3.8, 4) is 23.0 Å². The molecule has 4 aromatic heterocycles. The summed E-state index contributed by atoms with van der Waals surface area (Å²) in [4.78, 5) is 18.9. The van der Waals surface area contributed by atoms with Crippen molar-refractivity contribution < 1.29 is 18.9 Å². The number of ether oxygens (including phenoxy) is 4. The first-order chi connectivity index (χ1) is 37.1. The van der Waals surface area contributed by atoms with E-state index in [0.717, 1.165) is 23.0 Å². The molecule has 5 atom stereocenters. The van der Waals surface area contributed by atoms with Crippen LogP contribution < -0.4 is 18.9 Å². The second-order valence-electron chi connectivity index (χ2n) is 19.6. The van der Waals surface area contributed by atoms with E-state index < -0.39 is 0 Å². The molecule has 4 heterocycles. The van der Waals surface area contributed by atoms with Gasteiger partial charge in [-0.3, -0.25) is 0 Å². The molecule has 1 fully saturated rings. The van der Waals surface area contributed by atoms with Crippen molar-refractivity contribution in [3.05, 3.63) is 230 Å². The van der Waals surface area contributed by atoms with Crippen LogP contribution >= 0.6 is 0 Å². The van der Waals surface area contributed by atoms with Gasteiger partial charge in [0.05, 0.1) is 77.9 Å². The number of likely N-dealkylation sites (N-methyl/N-ethyl adjacent to an activating group) is 1. The van der Waals surface area contributed by atoms with Crippen LogP contribution in [0.5, 0.6) is 23.0 Å². The normalized spacial score (nSPS) is 14.3. The number of rotatable bonds is 17. The molecule has 0 radical (unpaired) electrons. The Morgan fingerprint density at radius 2 is 0.789 bits per heavy atom. The van der Waals surface area contributed by atoms with Crippen molar-refractivity contribution in [3.63, 3.8) is 0 Å². The molecule has 1 saturated carbocycles. The van der Waals surface area contributed by atoms with Gasteiger partial charge in [0, 0.05) is 55.6 Å². The first-order valence-electron chi connectivity index (χ1n) is 26.3. The molecule has 5 aromatic carbocycles. The van der Waals surface area contributed by atoms with Crippen LogP contribution in [0.2, 0.25) is 0 Å². The van der Waals surface area contributed by atoms with Crippen LogP contribution in [-0.2, 0) is 0 Å². The minimum absolute atomic E-state index is 0.129. The lowest BCUT2D eigenvalue weighted by Gasteiger charge is -2.31. The Balaban J connectivity index is 0.000000148. The maximum absolute atomic E-state index is 5.27. The monoisotopic (exact) mass is 1020 g/mol. The summed E-state index contributed by atoms with van der Waals surface area (Å²) in [5, 5.41) is 0. The third kappa shape index (κ3) is 15.1. The molecule has 0 amide bonds. The second-order valence-corrected chi connectivity index (χ2v) is 19.6. The molecule has 10 rings (SSSR count). The summed E-state index contributed by atoms with van der Waals surface area (Å²) in [6.45, 7) is 6.65. The van der Waals surface area contributed by atoms with Gasteiger partial charge >= 0.3 is 0 Å². The predicted octanol–water partition coefficient (Wildman–Crippen LogP) is 13.2. The number of nitrogens with zero attached hydrogens (tertiary/aromatic N) is 9. The zero-order valence-corrected chi connectivity index (χ0v) is 45.8. The Bertz CT molecular complexity index is 2900. The average Bonchev–Trinajstić information content (AvgIpc) is 4.35. The Morgan fingerprint density at radius 1 is 0.421 bits per heavy atom. The molecular formula is C63H77N9O4. The number of aromatic nitrogens is 8. The van der Waals surface area contributed by atoms with Gasteiger partial charge in [-0.25, -0.2) is 19.9 Å². The highest BCUT2D eigenvalue weighted by atomic mass is 16.5.